The molecule has 0 rings (SSSR count). The molecule has 0 aromatic rings. The molecule has 0 aromatic carbocycles. The summed E-state index contributed by atoms with van der Waals surface area (Å²) in [6, 6.07) is 0. The summed E-state index contributed by atoms with van der Waals surface area (Å²) < 4.78 is 63.7. The lowest BCUT2D eigenvalue weighted by molar-refractivity contribution is -0.146. The smallest absolute Gasteiger partial charge is 0.334 e. The fourth-order valence-corrected chi connectivity index (χ4v) is 2.57. The summed E-state index contributed by atoms with van der Waals surface area (Å²) in [4.78, 5) is 22.7. The maximum Gasteiger partial charge on any atom is 0.334 e. The van der Waals surface area contributed by atoms with Gasteiger partial charge in [-0.15, -0.1) is 0 Å². The second kappa shape index (κ2) is 8.96. The maximum atomic E-state index is 11.6. The molecule has 0 saturated heterocycles. The fourth-order valence-electron chi connectivity index (χ4n) is 1.56. The van der Waals surface area contributed by atoms with Crippen molar-refractivity contribution in [3.63, 3.8) is 0 Å². The van der Waals surface area contributed by atoms with E-state index in [0.29, 0.717) is 0 Å². The van der Waals surface area contributed by atoms with Crippen LogP contribution in [0.15, 0.2) is 12.2 Å². The molecule has 3 N–H and O–H groups in total. The first-order valence-electron chi connectivity index (χ1n) is 6.32. The van der Waals surface area contributed by atoms with E-state index in [-0.39, 0.29) is 25.9 Å². The lowest BCUT2D eigenvalue weighted by atomic mass is 9.96. The van der Waals surface area contributed by atoms with Crippen molar-refractivity contribution in [2.24, 2.45) is 5.92 Å². The molecule has 0 radical (unpaired) electrons. The van der Waals surface area contributed by atoms with Crippen LogP contribution in [0, 0.1) is 5.92 Å². The number of rotatable bonds is 11. The lowest BCUT2D eigenvalue weighted by Crippen LogP contribution is -2.23. The first kappa shape index (κ1) is 21.5. The highest BCUT2D eigenvalue weighted by molar-refractivity contribution is 7.86. The molecule has 0 aliphatic carbocycles. The largest absolute Gasteiger partial charge is 0.481 e. The van der Waals surface area contributed by atoms with Crippen LogP contribution in [-0.2, 0) is 34.6 Å². The summed E-state index contributed by atoms with van der Waals surface area (Å²) in [5.41, 5.74) is -0.431. The molecular formula is C11H18O10S2. The van der Waals surface area contributed by atoms with Gasteiger partial charge < -0.3 is 9.84 Å². The molecule has 1 unspecified atom stereocenters. The van der Waals surface area contributed by atoms with Crippen LogP contribution < -0.4 is 0 Å². The number of carbonyl (C=O) groups excluding carboxylic acids is 1. The Labute approximate surface area is 133 Å². The number of aliphatic carboxylic acids is 1. The second-order valence-electron chi connectivity index (χ2n) is 4.62. The van der Waals surface area contributed by atoms with E-state index in [1.54, 1.807) is 0 Å². The van der Waals surface area contributed by atoms with Crippen LogP contribution >= 0.6 is 0 Å². The van der Waals surface area contributed by atoms with Crippen LogP contribution in [0.25, 0.3) is 0 Å². The van der Waals surface area contributed by atoms with E-state index in [1.165, 1.54) is 0 Å². The topological polar surface area (TPSA) is 172 Å². The summed E-state index contributed by atoms with van der Waals surface area (Å²) >= 11 is 0. The number of carboxylic acids is 1. The molecule has 0 aliphatic rings. The number of carboxylic acid groups (broad SMARTS) is 1. The van der Waals surface area contributed by atoms with Crippen molar-refractivity contribution >= 4 is 32.2 Å². The van der Waals surface area contributed by atoms with E-state index in [4.69, 9.17) is 14.2 Å². The second-order valence-corrected chi connectivity index (χ2v) is 7.76. The molecule has 0 heterocycles. The van der Waals surface area contributed by atoms with Crippen LogP contribution in [0.1, 0.15) is 19.3 Å². The van der Waals surface area contributed by atoms with Gasteiger partial charge >= 0.3 is 11.9 Å². The molecular weight excluding hydrogens is 356 g/mol. The molecule has 0 spiro atoms. The van der Waals surface area contributed by atoms with Crippen LogP contribution in [0.4, 0.5) is 0 Å². The fraction of sp³-hybridized carbons (Fsp3) is 0.636. The van der Waals surface area contributed by atoms with Gasteiger partial charge in [-0.3, -0.25) is 13.9 Å². The highest BCUT2D eigenvalue weighted by atomic mass is 32.2. The zero-order valence-electron chi connectivity index (χ0n) is 12.0. The molecule has 1 atom stereocenters. The van der Waals surface area contributed by atoms with Crippen LogP contribution in [0.2, 0.25) is 0 Å². The quantitative estimate of drug-likeness (QED) is 0.189. The predicted molar refractivity (Wildman–Crippen MR) is 77.9 cm³/mol. The molecule has 0 amide bonds. The third-order valence-electron chi connectivity index (χ3n) is 2.66. The zero-order chi connectivity index (χ0) is 18.3. The highest BCUT2D eigenvalue weighted by Crippen LogP contribution is 2.18. The monoisotopic (exact) mass is 374 g/mol. The lowest BCUT2D eigenvalue weighted by Gasteiger charge is -2.14. The molecule has 23 heavy (non-hydrogen) atoms. The first-order valence-corrected chi connectivity index (χ1v) is 9.54. The molecule has 0 bridgehead atoms. The van der Waals surface area contributed by atoms with Crippen molar-refractivity contribution in [2.45, 2.75) is 19.3 Å². The normalized spacial score (nSPS) is 13.3. The predicted octanol–water partition coefficient (Wildman–Crippen LogP) is -0.267. The van der Waals surface area contributed by atoms with E-state index in [0.717, 1.165) is 0 Å². The van der Waals surface area contributed by atoms with Gasteiger partial charge in [-0.1, -0.05) is 6.58 Å². The third-order valence-corrected chi connectivity index (χ3v) is 4.26. The Hall–Kier alpha value is -1.50. The van der Waals surface area contributed by atoms with Crippen molar-refractivity contribution in [1.29, 1.82) is 0 Å². The van der Waals surface area contributed by atoms with Crippen LogP contribution in [-0.4, -0.2) is 61.1 Å². The SMILES string of the molecule is C=C(C(=O)OCCCS(=O)(=O)O)C(CCCS(=O)(=O)O)C(=O)O. The molecule has 0 aromatic heterocycles. The van der Waals surface area contributed by atoms with Crippen molar-refractivity contribution in [1.82, 2.24) is 0 Å². The maximum absolute atomic E-state index is 11.6. The van der Waals surface area contributed by atoms with E-state index in [1.807, 2.05) is 0 Å². The molecule has 0 fully saturated rings. The van der Waals surface area contributed by atoms with Gasteiger partial charge in [0, 0.05) is 5.57 Å². The zero-order valence-corrected chi connectivity index (χ0v) is 13.7. The standard InChI is InChI=1S/C11H18O10S2/c1-8(11(14)21-5-3-7-23(18,19)20)9(10(12)13)4-2-6-22(15,16)17/h9H,1-7H2,(H,12,13)(H,15,16,17)(H,18,19,20). The summed E-state index contributed by atoms with van der Waals surface area (Å²) in [5.74, 6) is -5.16. The van der Waals surface area contributed by atoms with Gasteiger partial charge in [0.15, 0.2) is 0 Å². The Morgan fingerprint density at radius 3 is 1.91 bits per heavy atom. The van der Waals surface area contributed by atoms with Gasteiger partial charge in [-0.05, 0) is 19.3 Å². The number of carbonyl (C=O) groups is 2. The Balaban J connectivity index is 4.48. The van der Waals surface area contributed by atoms with Gasteiger partial charge in [-0.2, -0.15) is 16.8 Å². The Bertz CT molecular complexity index is 646. The minimum absolute atomic E-state index is 0.182. The molecule has 0 aliphatic heterocycles. The van der Waals surface area contributed by atoms with E-state index in [9.17, 15) is 26.4 Å². The van der Waals surface area contributed by atoms with Crippen molar-refractivity contribution in [3.8, 4) is 0 Å². The average molecular weight is 374 g/mol. The van der Waals surface area contributed by atoms with E-state index in [2.05, 4.69) is 11.3 Å². The summed E-state index contributed by atoms with van der Waals surface area (Å²) in [7, 11) is -8.43. The summed E-state index contributed by atoms with van der Waals surface area (Å²) in [6.07, 6.45) is -0.642. The average Bonchev–Trinajstić information content (AvgIpc) is 2.36. The third kappa shape index (κ3) is 10.8. The van der Waals surface area contributed by atoms with Crippen molar-refractivity contribution in [2.75, 3.05) is 18.1 Å². The van der Waals surface area contributed by atoms with Gasteiger partial charge in [0.1, 0.15) is 0 Å². The summed E-state index contributed by atoms with van der Waals surface area (Å²) in [5, 5.41) is 9.01. The highest BCUT2D eigenvalue weighted by Gasteiger charge is 2.27. The Kier molecular flexibility index (Phi) is 8.37. The first-order chi connectivity index (χ1) is 10.3. The van der Waals surface area contributed by atoms with Crippen molar-refractivity contribution < 1.29 is 45.4 Å². The van der Waals surface area contributed by atoms with Gasteiger partial charge in [-0.25, -0.2) is 4.79 Å². The Morgan fingerprint density at radius 1 is 1.00 bits per heavy atom. The van der Waals surface area contributed by atoms with E-state index < -0.39 is 55.2 Å². The molecule has 0 saturated carbocycles. The number of esters is 1. The van der Waals surface area contributed by atoms with Crippen LogP contribution in [0.5, 0.6) is 0 Å². The number of hydrogen-bond donors (Lipinski definition) is 3. The van der Waals surface area contributed by atoms with Crippen LogP contribution in [0.3, 0.4) is 0 Å². The summed E-state index contributed by atoms with van der Waals surface area (Å²) in [6.45, 7) is 2.92. The van der Waals surface area contributed by atoms with Crippen molar-refractivity contribution in [3.05, 3.63) is 12.2 Å². The molecule has 10 nitrogen and oxygen atoms in total. The minimum atomic E-state index is -4.24. The van der Waals surface area contributed by atoms with Gasteiger partial charge in [0.05, 0.1) is 24.0 Å². The molecule has 12 heteroatoms. The number of hydrogen-bond acceptors (Lipinski definition) is 7. The van der Waals surface area contributed by atoms with E-state index >= 15 is 0 Å². The molecule has 134 valence electrons. The Morgan fingerprint density at radius 2 is 1.48 bits per heavy atom. The van der Waals surface area contributed by atoms with Gasteiger partial charge in [0.25, 0.3) is 20.2 Å². The minimum Gasteiger partial charge on any atom is -0.481 e. The number of ether oxygens (including phenoxy) is 1. The van der Waals surface area contributed by atoms with Gasteiger partial charge in [0.2, 0.25) is 0 Å².